The third-order valence-corrected chi connectivity index (χ3v) is 5.27. The molecule has 0 radical (unpaired) electrons. The second-order valence-electron chi connectivity index (χ2n) is 7.58. The van der Waals surface area contributed by atoms with E-state index in [9.17, 15) is 4.79 Å². The first-order valence-corrected chi connectivity index (χ1v) is 9.94. The van der Waals surface area contributed by atoms with Crippen molar-refractivity contribution in [2.45, 2.75) is 32.7 Å². The maximum Gasteiger partial charge on any atom is 0.319 e. The molecule has 4 rings (SSSR count). The van der Waals surface area contributed by atoms with E-state index in [1.807, 2.05) is 44.2 Å². The number of urea groups is 1. The summed E-state index contributed by atoms with van der Waals surface area (Å²) < 4.78 is 0. The van der Waals surface area contributed by atoms with Gasteiger partial charge < -0.3 is 15.5 Å². The van der Waals surface area contributed by atoms with Crippen LogP contribution in [0.15, 0.2) is 48.8 Å². The lowest BCUT2D eigenvalue weighted by Gasteiger charge is -2.33. The zero-order valence-electron chi connectivity index (χ0n) is 16.8. The Morgan fingerprint density at radius 2 is 2.00 bits per heavy atom. The molecule has 1 atom stereocenters. The summed E-state index contributed by atoms with van der Waals surface area (Å²) in [7, 11) is 0. The minimum Gasteiger partial charge on any atom is -0.353 e. The fraction of sp³-hybridized carbons (Fsp3) is 0.318. The van der Waals surface area contributed by atoms with Crippen molar-refractivity contribution < 1.29 is 4.79 Å². The quantitative estimate of drug-likeness (QED) is 0.631. The maximum atomic E-state index is 12.5. The molecule has 29 heavy (non-hydrogen) atoms. The van der Waals surface area contributed by atoms with Gasteiger partial charge in [0.25, 0.3) is 0 Å². The number of amides is 2. The van der Waals surface area contributed by atoms with Crippen LogP contribution in [0.25, 0.3) is 11.3 Å². The number of carbonyl (C=O) groups is 1. The molecule has 3 N–H and O–H groups in total. The van der Waals surface area contributed by atoms with E-state index in [4.69, 9.17) is 0 Å². The van der Waals surface area contributed by atoms with Crippen LogP contribution in [-0.2, 0) is 0 Å². The highest BCUT2D eigenvalue weighted by atomic mass is 16.2. The summed E-state index contributed by atoms with van der Waals surface area (Å²) in [4.78, 5) is 18.8. The van der Waals surface area contributed by atoms with Crippen LogP contribution in [0.5, 0.6) is 0 Å². The van der Waals surface area contributed by atoms with Crippen molar-refractivity contribution in [2.24, 2.45) is 0 Å². The first kappa shape index (κ1) is 19.0. The molecule has 1 saturated heterocycles. The fourth-order valence-corrected chi connectivity index (χ4v) is 3.75. The molecular weight excluding hydrogens is 364 g/mol. The van der Waals surface area contributed by atoms with Gasteiger partial charge in [0, 0.05) is 48.8 Å². The number of H-pyrrole nitrogens is 1. The minimum absolute atomic E-state index is 0.0792. The molecular formula is C22H26N6O. The van der Waals surface area contributed by atoms with Gasteiger partial charge in [0.2, 0.25) is 0 Å². The minimum atomic E-state index is -0.164. The second kappa shape index (κ2) is 8.34. The molecule has 3 aromatic rings. The molecule has 1 unspecified atom stereocenters. The van der Waals surface area contributed by atoms with E-state index < -0.39 is 0 Å². The fourth-order valence-electron chi connectivity index (χ4n) is 3.75. The molecule has 0 spiro atoms. The Bertz CT molecular complexity index is 984. The van der Waals surface area contributed by atoms with Crippen LogP contribution in [0.3, 0.4) is 0 Å². The molecule has 1 aliphatic rings. The normalized spacial score (nSPS) is 16.5. The zero-order valence-corrected chi connectivity index (χ0v) is 16.8. The van der Waals surface area contributed by atoms with Gasteiger partial charge in [-0.05, 0) is 50.5 Å². The van der Waals surface area contributed by atoms with Crippen LogP contribution < -0.4 is 15.5 Å². The number of hydrogen-bond acceptors (Lipinski definition) is 4. The summed E-state index contributed by atoms with van der Waals surface area (Å²) in [5.74, 6) is 0.901. The van der Waals surface area contributed by atoms with Gasteiger partial charge >= 0.3 is 6.03 Å². The highest BCUT2D eigenvalue weighted by Gasteiger charge is 2.23. The van der Waals surface area contributed by atoms with Gasteiger partial charge in [0.1, 0.15) is 0 Å². The number of aromatic amines is 1. The number of carbonyl (C=O) groups excluding carboxylic acids is 1. The van der Waals surface area contributed by atoms with E-state index in [1.165, 1.54) is 5.56 Å². The molecule has 0 aliphatic carbocycles. The predicted octanol–water partition coefficient (Wildman–Crippen LogP) is 3.88. The Morgan fingerprint density at radius 3 is 2.79 bits per heavy atom. The molecule has 7 nitrogen and oxygen atoms in total. The largest absolute Gasteiger partial charge is 0.353 e. The molecule has 7 heteroatoms. The van der Waals surface area contributed by atoms with Crippen molar-refractivity contribution in [1.82, 2.24) is 20.5 Å². The van der Waals surface area contributed by atoms with Gasteiger partial charge in [0.05, 0.1) is 5.69 Å². The third-order valence-electron chi connectivity index (χ3n) is 5.27. The van der Waals surface area contributed by atoms with Crippen LogP contribution >= 0.6 is 0 Å². The Labute approximate surface area is 170 Å². The summed E-state index contributed by atoms with van der Waals surface area (Å²) >= 11 is 0. The second-order valence-corrected chi connectivity index (χ2v) is 7.58. The monoisotopic (exact) mass is 390 g/mol. The van der Waals surface area contributed by atoms with Crippen molar-refractivity contribution in [2.75, 3.05) is 23.3 Å². The average molecular weight is 390 g/mol. The van der Waals surface area contributed by atoms with E-state index in [0.717, 1.165) is 54.3 Å². The van der Waals surface area contributed by atoms with E-state index in [0.29, 0.717) is 0 Å². The lowest BCUT2D eigenvalue weighted by Crippen LogP contribution is -2.49. The number of aromatic nitrogens is 3. The maximum absolute atomic E-state index is 12.5. The summed E-state index contributed by atoms with van der Waals surface area (Å²) in [5.41, 5.74) is 5.10. The lowest BCUT2D eigenvalue weighted by atomic mass is 10.1. The Hall–Kier alpha value is -3.35. The highest BCUT2D eigenvalue weighted by Crippen LogP contribution is 2.24. The zero-order chi connectivity index (χ0) is 20.2. The van der Waals surface area contributed by atoms with Gasteiger partial charge in [-0.15, -0.1) is 0 Å². The van der Waals surface area contributed by atoms with Crippen molar-refractivity contribution in [3.63, 3.8) is 0 Å². The molecule has 0 saturated carbocycles. The van der Waals surface area contributed by atoms with Crippen LogP contribution in [0, 0.1) is 13.8 Å². The summed E-state index contributed by atoms with van der Waals surface area (Å²) in [6, 6.07) is 11.9. The number of nitrogens with one attached hydrogen (secondary N) is 3. The van der Waals surface area contributed by atoms with Crippen molar-refractivity contribution in [3.05, 3.63) is 59.9 Å². The highest BCUT2D eigenvalue weighted by molar-refractivity contribution is 5.90. The van der Waals surface area contributed by atoms with Crippen LogP contribution in [0.2, 0.25) is 0 Å². The molecule has 150 valence electrons. The average Bonchev–Trinajstić information content (AvgIpc) is 3.21. The topological polar surface area (TPSA) is 85.9 Å². The number of piperidine rings is 1. The summed E-state index contributed by atoms with van der Waals surface area (Å²) in [6.07, 6.45) is 5.50. The van der Waals surface area contributed by atoms with Gasteiger partial charge in [0.15, 0.2) is 5.82 Å². The molecule has 1 fully saturated rings. The Kier molecular flexibility index (Phi) is 5.46. The predicted molar refractivity (Wildman–Crippen MR) is 115 cm³/mol. The number of anilines is 2. The lowest BCUT2D eigenvalue weighted by molar-refractivity contribution is 0.246. The van der Waals surface area contributed by atoms with Crippen molar-refractivity contribution >= 4 is 17.5 Å². The van der Waals surface area contributed by atoms with Gasteiger partial charge in [-0.3, -0.25) is 10.1 Å². The van der Waals surface area contributed by atoms with Gasteiger partial charge in [-0.2, -0.15) is 5.10 Å². The van der Waals surface area contributed by atoms with Crippen molar-refractivity contribution in [1.29, 1.82) is 0 Å². The van der Waals surface area contributed by atoms with E-state index in [1.54, 1.807) is 12.4 Å². The number of nitrogens with zero attached hydrogens (tertiary/aromatic N) is 3. The number of benzene rings is 1. The Morgan fingerprint density at radius 1 is 1.17 bits per heavy atom. The summed E-state index contributed by atoms with van der Waals surface area (Å²) in [5, 5.41) is 13.6. The SMILES string of the molecule is Cc1ccc(NC(=O)NC2CCCN(c3cc(-c4ccncc4)[nH]n3)C2)c(C)c1. The molecule has 2 aromatic heterocycles. The first-order valence-electron chi connectivity index (χ1n) is 9.94. The summed E-state index contributed by atoms with van der Waals surface area (Å²) in [6.45, 7) is 5.71. The number of rotatable bonds is 4. The molecule has 2 amide bonds. The molecule has 3 heterocycles. The van der Waals surface area contributed by atoms with Crippen LogP contribution in [-0.4, -0.2) is 40.3 Å². The molecule has 1 aromatic carbocycles. The van der Waals surface area contributed by atoms with E-state index >= 15 is 0 Å². The standard InChI is InChI=1S/C22H26N6O/c1-15-5-6-19(16(2)12-15)25-22(29)24-18-4-3-11-28(14-18)21-13-20(26-27-21)17-7-9-23-10-8-17/h5-10,12-13,18H,3-4,11,14H2,1-2H3,(H,26,27)(H2,24,25,29). The van der Waals surface area contributed by atoms with Crippen molar-refractivity contribution in [3.8, 4) is 11.3 Å². The van der Waals surface area contributed by atoms with Gasteiger partial charge in [-0.1, -0.05) is 17.7 Å². The van der Waals surface area contributed by atoms with Gasteiger partial charge in [-0.25, -0.2) is 4.79 Å². The van der Waals surface area contributed by atoms with Crippen LogP contribution in [0.1, 0.15) is 24.0 Å². The van der Waals surface area contributed by atoms with E-state index in [2.05, 4.69) is 36.8 Å². The number of aryl methyl sites for hydroxylation is 2. The van der Waals surface area contributed by atoms with E-state index in [-0.39, 0.29) is 12.1 Å². The number of hydrogen-bond donors (Lipinski definition) is 3. The molecule has 1 aliphatic heterocycles. The Balaban J connectivity index is 1.37. The molecule has 0 bridgehead atoms. The third kappa shape index (κ3) is 4.56. The smallest absolute Gasteiger partial charge is 0.319 e. The first-order chi connectivity index (χ1) is 14.1. The number of pyridine rings is 1. The van der Waals surface area contributed by atoms with Crippen LogP contribution in [0.4, 0.5) is 16.3 Å².